The van der Waals surface area contributed by atoms with E-state index in [4.69, 9.17) is 4.74 Å². The molecule has 1 fully saturated rings. The van der Waals surface area contributed by atoms with E-state index in [1.807, 2.05) is 6.92 Å². The van der Waals surface area contributed by atoms with E-state index in [1.165, 1.54) is 0 Å². The molecule has 0 radical (unpaired) electrons. The van der Waals surface area contributed by atoms with Crippen molar-refractivity contribution >= 4 is 0 Å². The van der Waals surface area contributed by atoms with Crippen molar-refractivity contribution in [2.45, 2.75) is 26.0 Å². The van der Waals surface area contributed by atoms with Crippen LogP contribution in [0.5, 0.6) is 0 Å². The number of rotatable bonds is 5. The Labute approximate surface area is 92.6 Å². The van der Waals surface area contributed by atoms with Crippen molar-refractivity contribution in [1.29, 1.82) is 0 Å². The standard InChI is InChI=1S/C10H15F2N3O/c1-7-13-2-8(14-7)3-15-4-9(5-15)16-6-10(11)12/h2,9-10H,3-6H2,1H3,(H,13,14). The monoisotopic (exact) mass is 231 g/mol. The van der Waals surface area contributed by atoms with Crippen LogP contribution in [-0.2, 0) is 11.3 Å². The second kappa shape index (κ2) is 4.88. The minimum absolute atomic E-state index is 0.0435. The molecule has 1 aromatic rings. The lowest BCUT2D eigenvalue weighted by Gasteiger charge is -2.38. The highest BCUT2D eigenvalue weighted by Gasteiger charge is 2.28. The van der Waals surface area contributed by atoms with Gasteiger partial charge >= 0.3 is 0 Å². The fraction of sp³-hybridized carbons (Fsp3) is 0.700. The van der Waals surface area contributed by atoms with Gasteiger partial charge in [0.05, 0.1) is 6.10 Å². The van der Waals surface area contributed by atoms with Gasteiger partial charge in [0.25, 0.3) is 6.43 Å². The predicted molar refractivity (Wildman–Crippen MR) is 54.3 cm³/mol. The molecule has 0 spiro atoms. The summed E-state index contributed by atoms with van der Waals surface area (Å²) in [6.45, 7) is 3.64. The number of hydrogen-bond donors (Lipinski definition) is 1. The predicted octanol–water partition coefficient (Wildman–Crippen LogP) is 1.18. The van der Waals surface area contributed by atoms with E-state index >= 15 is 0 Å². The highest BCUT2D eigenvalue weighted by molar-refractivity contribution is 5.01. The molecule has 0 bridgehead atoms. The van der Waals surface area contributed by atoms with E-state index in [1.54, 1.807) is 6.20 Å². The molecule has 1 aliphatic heterocycles. The van der Waals surface area contributed by atoms with Crippen LogP contribution in [0, 0.1) is 6.92 Å². The van der Waals surface area contributed by atoms with E-state index in [-0.39, 0.29) is 6.10 Å². The highest BCUT2D eigenvalue weighted by atomic mass is 19.3. The summed E-state index contributed by atoms with van der Waals surface area (Å²) in [4.78, 5) is 9.35. The molecular formula is C10H15F2N3O. The van der Waals surface area contributed by atoms with Gasteiger partial charge in [-0.15, -0.1) is 0 Å². The van der Waals surface area contributed by atoms with Gasteiger partial charge in [-0.05, 0) is 6.92 Å². The molecule has 16 heavy (non-hydrogen) atoms. The van der Waals surface area contributed by atoms with Crippen LogP contribution in [0.1, 0.15) is 11.5 Å². The fourth-order valence-electron chi connectivity index (χ4n) is 1.76. The summed E-state index contributed by atoms with van der Waals surface area (Å²) < 4.78 is 28.7. The van der Waals surface area contributed by atoms with Gasteiger partial charge in [-0.2, -0.15) is 0 Å². The minimum Gasteiger partial charge on any atom is -0.370 e. The van der Waals surface area contributed by atoms with Crippen LogP contribution in [0.2, 0.25) is 0 Å². The maximum absolute atomic E-state index is 11.9. The lowest BCUT2D eigenvalue weighted by atomic mass is 10.1. The number of hydrogen-bond acceptors (Lipinski definition) is 3. The number of alkyl halides is 2. The Morgan fingerprint density at radius 3 is 2.94 bits per heavy atom. The van der Waals surface area contributed by atoms with Gasteiger partial charge < -0.3 is 9.72 Å². The summed E-state index contributed by atoms with van der Waals surface area (Å²) in [6, 6.07) is 0. The van der Waals surface area contributed by atoms with E-state index < -0.39 is 13.0 Å². The molecule has 1 aromatic heterocycles. The summed E-state index contributed by atoms with van der Waals surface area (Å²) in [5, 5.41) is 0. The Balaban J connectivity index is 1.65. The van der Waals surface area contributed by atoms with Gasteiger partial charge in [0.15, 0.2) is 0 Å². The van der Waals surface area contributed by atoms with Gasteiger partial charge in [-0.3, -0.25) is 4.90 Å². The summed E-state index contributed by atoms with van der Waals surface area (Å²) >= 11 is 0. The molecule has 1 saturated heterocycles. The van der Waals surface area contributed by atoms with E-state index in [2.05, 4.69) is 14.9 Å². The van der Waals surface area contributed by atoms with Crippen LogP contribution in [0.25, 0.3) is 0 Å². The molecule has 0 amide bonds. The largest absolute Gasteiger partial charge is 0.370 e. The number of nitrogens with zero attached hydrogens (tertiary/aromatic N) is 2. The topological polar surface area (TPSA) is 41.2 Å². The first-order chi connectivity index (χ1) is 7.63. The fourth-order valence-corrected chi connectivity index (χ4v) is 1.76. The third-order valence-corrected chi connectivity index (χ3v) is 2.53. The second-order valence-corrected chi connectivity index (χ2v) is 4.03. The SMILES string of the molecule is Cc1ncc(CN2CC(OCC(F)F)C2)[nH]1. The maximum Gasteiger partial charge on any atom is 0.261 e. The zero-order valence-corrected chi connectivity index (χ0v) is 9.12. The molecule has 0 unspecified atom stereocenters. The average molecular weight is 231 g/mol. The van der Waals surface area contributed by atoms with Gasteiger partial charge in [0, 0.05) is 31.5 Å². The smallest absolute Gasteiger partial charge is 0.261 e. The van der Waals surface area contributed by atoms with Crippen LogP contribution in [0.3, 0.4) is 0 Å². The zero-order chi connectivity index (χ0) is 11.5. The summed E-state index contributed by atoms with van der Waals surface area (Å²) in [7, 11) is 0. The van der Waals surface area contributed by atoms with E-state index in [0.717, 1.165) is 18.1 Å². The average Bonchev–Trinajstić information content (AvgIpc) is 2.55. The summed E-state index contributed by atoms with van der Waals surface area (Å²) in [5.74, 6) is 0.890. The quantitative estimate of drug-likeness (QED) is 0.827. The molecular weight excluding hydrogens is 216 g/mol. The number of H-pyrrole nitrogens is 1. The molecule has 90 valence electrons. The van der Waals surface area contributed by atoms with Crippen molar-refractivity contribution in [1.82, 2.24) is 14.9 Å². The number of ether oxygens (including phenoxy) is 1. The van der Waals surface area contributed by atoms with E-state index in [9.17, 15) is 8.78 Å². The Morgan fingerprint density at radius 1 is 1.62 bits per heavy atom. The number of aromatic nitrogens is 2. The lowest BCUT2D eigenvalue weighted by molar-refractivity contribution is -0.0907. The number of aromatic amines is 1. The molecule has 0 aliphatic carbocycles. The summed E-state index contributed by atoms with van der Waals surface area (Å²) in [5.41, 5.74) is 1.05. The van der Waals surface area contributed by atoms with Crippen molar-refractivity contribution in [3.05, 3.63) is 17.7 Å². The molecule has 1 N–H and O–H groups in total. The van der Waals surface area contributed by atoms with Crippen molar-refractivity contribution in [3.63, 3.8) is 0 Å². The van der Waals surface area contributed by atoms with Crippen molar-refractivity contribution in [2.75, 3.05) is 19.7 Å². The maximum atomic E-state index is 11.9. The molecule has 4 nitrogen and oxygen atoms in total. The number of aryl methyl sites for hydroxylation is 1. The number of imidazole rings is 1. The van der Waals surface area contributed by atoms with Gasteiger partial charge in [0.1, 0.15) is 12.4 Å². The van der Waals surface area contributed by atoms with Crippen LogP contribution < -0.4 is 0 Å². The minimum atomic E-state index is -2.37. The van der Waals surface area contributed by atoms with Crippen LogP contribution >= 0.6 is 0 Å². The molecule has 0 atom stereocenters. The van der Waals surface area contributed by atoms with Crippen LogP contribution in [0.15, 0.2) is 6.20 Å². The molecule has 0 saturated carbocycles. The van der Waals surface area contributed by atoms with E-state index in [0.29, 0.717) is 13.1 Å². The third kappa shape index (κ3) is 2.99. The molecule has 6 heteroatoms. The molecule has 0 aromatic carbocycles. The van der Waals surface area contributed by atoms with Gasteiger partial charge in [0.2, 0.25) is 0 Å². The van der Waals surface area contributed by atoms with Crippen molar-refractivity contribution in [3.8, 4) is 0 Å². The molecule has 2 heterocycles. The first-order valence-electron chi connectivity index (χ1n) is 5.26. The Hall–Kier alpha value is -1.01. The second-order valence-electron chi connectivity index (χ2n) is 4.03. The van der Waals surface area contributed by atoms with Crippen LogP contribution in [0.4, 0.5) is 8.78 Å². The lowest BCUT2D eigenvalue weighted by Crippen LogP contribution is -2.51. The Morgan fingerprint density at radius 2 is 2.38 bits per heavy atom. The number of likely N-dealkylation sites (tertiary alicyclic amines) is 1. The first kappa shape index (κ1) is 11.5. The molecule has 1 aliphatic rings. The Bertz CT molecular complexity index is 337. The number of nitrogens with one attached hydrogen (secondary N) is 1. The van der Waals surface area contributed by atoms with Gasteiger partial charge in [-0.1, -0.05) is 0 Å². The Kier molecular flexibility index (Phi) is 3.50. The molecule has 2 rings (SSSR count). The number of halogens is 2. The third-order valence-electron chi connectivity index (χ3n) is 2.53. The van der Waals surface area contributed by atoms with Crippen molar-refractivity contribution < 1.29 is 13.5 Å². The zero-order valence-electron chi connectivity index (χ0n) is 9.12. The van der Waals surface area contributed by atoms with Crippen LogP contribution in [-0.4, -0.2) is 47.1 Å². The van der Waals surface area contributed by atoms with Crippen molar-refractivity contribution in [2.24, 2.45) is 0 Å². The summed E-state index contributed by atoms with van der Waals surface area (Å²) in [6.07, 6.45) is -0.620. The first-order valence-corrected chi connectivity index (χ1v) is 5.26. The highest BCUT2D eigenvalue weighted by Crippen LogP contribution is 2.15. The normalized spacial score (nSPS) is 18.0. The van der Waals surface area contributed by atoms with Gasteiger partial charge in [-0.25, -0.2) is 13.8 Å².